The van der Waals surface area contributed by atoms with E-state index in [2.05, 4.69) is 5.32 Å². The molecule has 0 bridgehead atoms. The van der Waals surface area contributed by atoms with Crippen LogP contribution in [0.5, 0.6) is 0 Å². The molecule has 1 aromatic heterocycles. The Morgan fingerprint density at radius 2 is 1.49 bits per heavy atom. The van der Waals surface area contributed by atoms with E-state index in [9.17, 15) is 13.2 Å². The van der Waals surface area contributed by atoms with Crippen molar-refractivity contribution >= 4 is 32.4 Å². The minimum atomic E-state index is -3.56. The Bertz CT molecular complexity index is 1460. The number of carbonyl (C=O) groups is 1. The van der Waals surface area contributed by atoms with Crippen molar-refractivity contribution in [1.29, 1.82) is 0 Å². The van der Waals surface area contributed by atoms with Crippen LogP contribution in [-0.4, -0.2) is 60.7 Å². The van der Waals surface area contributed by atoms with E-state index in [1.54, 1.807) is 12.1 Å². The van der Waals surface area contributed by atoms with Crippen LogP contribution in [-0.2, 0) is 21.2 Å². The maximum atomic E-state index is 13.2. The van der Waals surface area contributed by atoms with E-state index >= 15 is 0 Å². The molecule has 9 heteroatoms. The molecule has 202 valence electrons. The summed E-state index contributed by atoms with van der Waals surface area (Å²) < 4.78 is 27.8. The zero-order valence-electron chi connectivity index (χ0n) is 22.1. The molecule has 0 spiro atoms. The Kier molecular flexibility index (Phi) is 8.23. The predicted molar refractivity (Wildman–Crippen MR) is 157 cm³/mol. The van der Waals surface area contributed by atoms with Gasteiger partial charge in [-0.15, -0.1) is 0 Å². The highest BCUT2D eigenvalue weighted by Crippen LogP contribution is 2.39. The summed E-state index contributed by atoms with van der Waals surface area (Å²) in [6.45, 7) is 5.52. The number of rotatable bonds is 8. The topological polar surface area (TPSA) is 82.6 Å². The number of piperazine rings is 1. The summed E-state index contributed by atoms with van der Waals surface area (Å²) in [6.07, 6.45) is 0.862. The zero-order valence-corrected chi connectivity index (χ0v) is 23.7. The van der Waals surface area contributed by atoms with Gasteiger partial charge in [0.1, 0.15) is 0 Å². The van der Waals surface area contributed by atoms with Crippen LogP contribution in [0.15, 0.2) is 89.8 Å². The van der Waals surface area contributed by atoms with Crippen LogP contribution in [0.25, 0.3) is 21.7 Å². The molecule has 1 atom stereocenters. The summed E-state index contributed by atoms with van der Waals surface area (Å²) in [7, 11) is -3.56. The molecule has 0 saturated carbocycles. The zero-order chi connectivity index (χ0) is 27.4. The molecule has 1 aliphatic heterocycles. The van der Waals surface area contributed by atoms with Crippen molar-refractivity contribution in [3.05, 3.63) is 90.5 Å². The largest absolute Gasteiger partial charge is 0.301 e. The Balaban J connectivity index is 1.26. The van der Waals surface area contributed by atoms with Crippen molar-refractivity contribution in [2.24, 2.45) is 0 Å². The van der Waals surface area contributed by atoms with Crippen molar-refractivity contribution < 1.29 is 13.2 Å². The predicted octanol–water partition coefficient (Wildman–Crippen LogP) is 5.37. The number of benzene rings is 3. The van der Waals surface area contributed by atoms with Crippen molar-refractivity contribution in [3.8, 4) is 21.7 Å². The van der Waals surface area contributed by atoms with Crippen molar-refractivity contribution in [1.82, 2.24) is 14.2 Å². The minimum Gasteiger partial charge on any atom is -0.301 e. The highest BCUT2D eigenvalue weighted by Gasteiger charge is 2.32. The summed E-state index contributed by atoms with van der Waals surface area (Å²) in [4.78, 5) is 21.4. The number of hydrogen-bond donors (Lipinski definition) is 1. The number of nitrogens with one attached hydrogen (secondary N) is 1. The first-order valence-electron chi connectivity index (χ1n) is 13.1. The molecular formula is C30H32N4O3S2. The van der Waals surface area contributed by atoms with Gasteiger partial charge in [0.15, 0.2) is 5.13 Å². The Hall–Kier alpha value is -3.37. The molecule has 0 aliphatic carbocycles. The second-order valence-corrected chi connectivity index (χ2v) is 12.5. The quantitative estimate of drug-likeness (QED) is 0.313. The lowest BCUT2D eigenvalue weighted by atomic mass is 10.1. The summed E-state index contributed by atoms with van der Waals surface area (Å²) >= 11 is 1.45. The van der Waals surface area contributed by atoms with Gasteiger partial charge in [0.05, 0.1) is 21.5 Å². The van der Waals surface area contributed by atoms with Gasteiger partial charge in [-0.25, -0.2) is 13.4 Å². The molecule has 3 aromatic carbocycles. The van der Waals surface area contributed by atoms with Crippen molar-refractivity contribution in [2.75, 3.05) is 31.5 Å². The van der Waals surface area contributed by atoms with Crippen LogP contribution in [0.4, 0.5) is 5.13 Å². The van der Waals surface area contributed by atoms with Gasteiger partial charge in [-0.1, -0.05) is 91.1 Å². The van der Waals surface area contributed by atoms with Gasteiger partial charge in [-0.05, 0) is 36.6 Å². The van der Waals surface area contributed by atoms with Gasteiger partial charge >= 0.3 is 0 Å². The molecule has 0 radical (unpaired) electrons. The average Bonchev–Trinajstić information content (AvgIpc) is 3.41. The molecule has 1 fully saturated rings. The molecule has 1 aliphatic rings. The monoisotopic (exact) mass is 560 g/mol. The fraction of sp³-hybridized carbons (Fsp3) is 0.267. The van der Waals surface area contributed by atoms with E-state index in [1.807, 2.05) is 91.5 Å². The minimum absolute atomic E-state index is 0.158. The third kappa shape index (κ3) is 5.96. The lowest BCUT2D eigenvalue weighted by Crippen LogP contribution is -2.53. The number of anilines is 1. The van der Waals surface area contributed by atoms with E-state index in [4.69, 9.17) is 4.98 Å². The van der Waals surface area contributed by atoms with Crippen LogP contribution in [0.3, 0.4) is 0 Å². The molecular weight excluding hydrogens is 528 g/mol. The molecule has 1 saturated heterocycles. The number of thiazole rings is 1. The first-order chi connectivity index (χ1) is 18.9. The third-order valence-electron chi connectivity index (χ3n) is 7.11. The Morgan fingerprint density at radius 3 is 2.08 bits per heavy atom. The number of aryl methyl sites for hydroxylation is 1. The average molecular weight is 561 g/mol. The van der Waals surface area contributed by atoms with Crippen LogP contribution in [0, 0.1) is 0 Å². The number of carbonyl (C=O) groups excluding carboxylic acids is 1. The van der Waals surface area contributed by atoms with Gasteiger partial charge in [0, 0.05) is 31.7 Å². The molecule has 1 N–H and O–H groups in total. The number of aromatic nitrogens is 1. The SMILES string of the molecule is CCc1ccc(S(=O)(=O)N2CCN(C(C)C(=O)Nc3nc(-c4ccccc4)c(-c4ccccc4)s3)CC2)cc1. The van der Waals surface area contributed by atoms with E-state index < -0.39 is 16.1 Å². The third-order valence-corrected chi connectivity index (χ3v) is 10.0. The van der Waals surface area contributed by atoms with E-state index in [-0.39, 0.29) is 5.91 Å². The van der Waals surface area contributed by atoms with Crippen LogP contribution in [0.1, 0.15) is 19.4 Å². The molecule has 4 aromatic rings. The van der Waals surface area contributed by atoms with Crippen LogP contribution in [0.2, 0.25) is 0 Å². The summed E-state index contributed by atoms with van der Waals surface area (Å²) in [5, 5.41) is 3.56. The molecule has 1 amide bonds. The first kappa shape index (κ1) is 27.2. The molecule has 39 heavy (non-hydrogen) atoms. The van der Waals surface area contributed by atoms with E-state index in [0.717, 1.165) is 33.7 Å². The van der Waals surface area contributed by atoms with Gasteiger partial charge < -0.3 is 5.32 Å². The smallest absolute Gasteiger partial charge is 0.243 e. The fourth-order valence-electron chi connectivity index (χ4n) is 4.70. The number of nitrogens with zero attached hydrogens (tertiary/aromatic N) is 3. The normalized spacial score (nSPS) is 15.6. The molecule has 7 nitrogen and oxygen atoms in total. The highest BCUT2D eigenvalue weighted by atomic mass is 32.2. The lowest BCUT2D eigenvalue weighted by Gasteiger charge is -2.36. The van der Waals surface area contributed by atoms with Gasteiger partial charge in [0.25, 0.3) is 0 Å². The van der Waals surface area contributed by atoms with Gasteiger partial charge in [0.2, 0.25) is 15.9 Å². The maximum Gasteiger partial charge on any atom is 0.243 e. The summed E-state index contributed by atoms with van der Waals surface area (Å²) in [5.74, 6) is -0.158. The molecule has 2 heterocycles. The highest BCUT2D eigenvalue weighted by molar-refractivity contribution is 7.89. The van der Waals surface area contributed by atoms with Gasteiger partial charge in [-0.3, -0.25) is 9.69 Å². The number of amides is 1. The summed E-state index contributed by atoms with van der Waals surface area (Å²) in [6, 6.07) is 26.6. The molecule has 1 unspecified atom stereocenters. The van der Waals surface area contributed by atoms with E-state index in [0.29, 0.717) is 36.2 Å². The maximum absolute atomic E-state index is 13.2. The van der Waals surface area contributed by atoms with Crippen LogP contribution < -0.4 is 5.32 Å². The van der Waals surface area contributed by atoms with E-state index in [1.165, 1.54) is 15.6 Å². The number of sulfonamides is 1. The van der Waals surface area contributed by atoms with Gasteiger partial charge in [-0.2, -0.15) is 4.31 Å². The van der Waals surface area contributed by atoms with Crippen molar-refractivity contribution in [3.63, 3.8) is 0 Å². The molecule has 5 rings (SSSR count). The Labute approximate surface area is 234 Å². The van der Waals surface area contributed by atoms with Crippen LogP contribution >= 0.6 is 11.3 Å². The fourth-order valence-corrected chi connectivity index (χ4v) is 7.12. The summed E-state index contributed by atoms with van der Waals surface area (Å²) in [5.41, 5.74) is 3.97. The first-order valence-corrected chi connectivity index (χ1v) is 15.4. The Morgan fingerprint density at radius 1 is 0.897 bits per heavy atom. The van der Waals surface area contributed by atoms with Crippen molar-refractivity contribution in [2.45, 2.75) is 31.2 Å². The second-order valence-electron chi connectivity index (χ2n) is 9.53. The second kappa shape index (κ2) is 11.8. The standard InChI is InChI=1S/C30H32N4O3S2/c1-3-23-14-16-26(17-15-23)39(36,37)34-20-18-33(19-21-34)22(2)29(35)32-30-31-27(24-10-6-4-7-11-24)28(38-30)25-12-8-5-9-13-25/h4-17,22H,3,18-21H2,1-2H3,(H,31,32,35). The number of hydrogen-bond acceptors (Lipinski definition) is 6. The lowest BCUT2D eigenvalue weighted by molar-refractivity contribution is -0.121.